The van der Waals surface area contributed by atoms with Crippen LogP contribution in [0.3, 0.4) is 0 Å². The lowest BCUT2D eigenvalue weighted by Crippen LogP contribution is -2.48. The molecule has 0 saturated carbocycles. The van der Waals surface area contributed by atoms with Gasteiger partial charge in [-0.3, -0.25) is 14.5 Å². The Kier molecular flexibility index (Phi) is 6.43. The number of piperidine rings is 1. The smallest absolute Gasteiger partial charge is 0.241 e. The second kappa shape index (κ2) is 8.59. The molecule has 2 fully saturated rings. The first kappa shape index (κ1) is 19.5. The number of carbonyl (C=O) groups excluding carboxylic acids is 2. The molecule has 0 bridgehead atoms. The number of hydrogen-bond acceptors (Lipinski definition) is 3. The second-order valence-electron chi connectivity index (χ2n) is 7.11. The van der Waals surface area contributed by atoms with E-state index in [2.05, 4.69) is 10.2 Å². The Bertz CT molecular complexity index is 669. The van der Waals surface area contributed by atoms with Crippen LogP contribution < -0.4 is 5.32 Å². The van der Waals surface area contributed by atoms with Crippen molar-refractivity contribution in [1.82, 2.24) is 9.80 Å². The van der Waals surface area contributed by atoms with Crippen molar-refractivity contribution in [1.29, 1.82) is 0 Å². The number of anilines is 1. The monoisotopic (exact) mass is 397 g/mol. The van der Waals surface area contributed by atoms with Gasteiger partial charge in [0.15, 0.2) is 0 Å². The van der Waals surface area contributed by atoms with Crippen LogP contribution in [0.1, 0.15) is 32.6 Å². The van der Waals surface area contributed by atoms with Crippen LogP contribution in [-0.2, 0) is 9.59 Å². The molecule has 0 aliphatic carbocycles. The quantitative estimate of drug-likeness (QED) is 0.843. The van der Waals surface area contributed by atoms with E-state index in [1.807, 2.05) is 11.8 Å². The molecule has 2 amide bonds. The molecule has 26 heavy (non-hydrogen) atoms. The van der Waals surface area contributed by atoms with Crippen LogP contribution in [0.2, 0.25) is 10.0 Å². The van der Waals surface area contributed by atoms with Crippen LogP contribution in [-0.4, -0.2) is 53.8 Å². The summed E-state index contributed by atoms with van der Waals surface area (Å²) in [5, 5.41) is 3.62. The number of likely N-dealkylation sites (tertiary alicyclic amines) is 2. The van der Waals surface area contributed by atoms with Gasteiger partial charge in [-0.25, -0.2) is 0 Å². The molecule has 5 nitrogen and oxygen atoms in total. The average molecular weight is 398 g/mol. The van der Waals surface area contributed by atoms with Crippen molar-refractivity contribution < 1.29 is 9.59 Å². The number of halogens is 2. The molecule has 1 aromatic carbocycles. The molecule has 2 heterocycles. The highest BCUT2D eigenvalue weighted by molar-refractivity contribution is 6.44. The van der Waals surface area contributed by atoms with E-state index in [0.29, 0.717) is 21.6 Å². The average Bonchev–Trinajstić information content (AvgIpc) is 3.19. The van der Waals surface area contributed by atoms with Gasteiger partial charge in [-0.2, -0.15) is 0 Å². The van der Waals surface area contributed by atoms with Crippen molar-refractivity contribution in [3.63, 3.8) is 0 Å². The molecule has 1 aromatic rings. The van der Waals surface area contributed by atoms with E-state index < -0.39 is 0 Å². The topological polar surface area (TPSA) is 52.7 Å². The zero-order chi connectivity index (χ0) is 18.7. The summed E-state index contributed by atoms with van der Waals surface area (Å²) in [6, 6.07) is 4.89. The first-order valence-corrected chi connectivity index (χ1v) is 10.0. The maximum atomic E-state index is 12.6. The summed E-state index contributed by atoms with van der Waals surface area (Å²) in [7, 11) is 0. The van der Waals surface area contributed by atoms with Gasteiger partial charge in [0.25, 0.3) is 0 Å². The minimum absolute atomic E-state index is 0.0991. The molecule has 0 unspecified atom stereocenters. The fourth-order valence-corrected chi connectivity index (χ4v) is 4.08. The van der Waals surface area contributed by atoms with E-state index >= 15 is 0 Å². The van der Waals surface area contributed by atoms with Gasteiger partial charge < -0.3 is 10.2 Å². The largest absolute Gasteiger partial charge is 0.342 e. The van der Waals surface area contributed by atoms with E-state index in [4.69, 9.17) is 23.2 Å². The van der Waals surface area contributed by atoms with Gasteiger partial charge in [0, 0.05) is 19.0 Å². The minimum atomic E-state index is -0.284. The van der Waals surface area contributed by atoms with Crippen LogP contribution in [0.4, 0.5) is 5.69 Å². The SMILES string of the molecule is C[C@H](C(=O)Nc1cccc(Cl)c1Cl)N1CCC(C(=O)N2CCCC2)CC1. The predicted molar refractivity (Wildman–Crippen MR) is 105 cm³/mol. The fraction of sp³-hybridized carbons (Fsp3) is 0.579. The lowest BCUT2D eigenvalue weighted by atomic mass is 9.94. The van der Waals surface area contributed by atoms with Gasteiger partial charge in [0.05, 0.1) is 21.8 Å². The fourth-order valence-electron chi connectivity index (χ4n) is 3.73. The van der Waals surface area contributed by atoms with Crippen LogP contribution in [0, 0.1) is 5.92 Å². The molecule has 2 saturated heterocycles. The van der Waals surface area contributed by atoms with E-state index in [9.17, 15) is 9.59 Å². The Hall–Kier alpha value is -1.30. The van der Waals surface area contributed by atoms with Gasteiger partial charge in [0.2, 0.25) is 11.8 Å². The summed E-state index contributed by atoms with van der Waals surface area (Å²) in [6.07, 6.45) is 3.86. The Balaban J connectivity index is 1.52. The van der Waals surface area contributed by atoms with Crippen LogP contribution >= 0.6 is 23.2 Å². The second-order valence-corrected chi connectivity index (χ2v) is 7.89. The number of nitrogens with one attached hydrogen (secondary N) is 1. The third-order valence-corrected chi connectivity index (χ3v) is 6.25. The predicted octanol–water partition coefficient (Wildman–Crippen LogP) is 3.65. The van der Waals surface area contributed by atoms with Crippen molar-refractivity contribution in [3.8, 4) is 0 Å². The molecular formula is C19H25Cl2N3O2. The standard InChI is InChI=1S/C19H25Cl2N3O2/c1-13(18(25)22-16-6-4-5-15(20)17(16)21)23-11-7-14(8-12-23)19(26)24-9-2-3-10-24/h4-6,13-14H,2-3,7-12H2,1H3,(H,22,25)/t13-/m1/s1. The zero-order valence-electron chi connectivity index (χ0n) is 15.0. The molecule has 0 radical (unpaired) electrons. The van der Waals surface area contributed by atoms with Crippen molar-refractivity contribution in [2.75, 3.05) is 31.5 Å². The number of hydrogen-bond donors (Lipinski definition) is 1. The molecule has 2 aliphatic rings. The molecular weight excluding hydrogens is 373 g/mol. The molecule has 0 spiro atoms. The number of nitrogens with zero attached hydrogens (tertiary/aromatic N) is 2. The summed E-state index contributed by atoms with van der Waals surface area (Å²) in [6.45, 7) is 5.19. The highest BCUT2D eigenvalue weighted by Gasteiger charge is 2.32. The van der Waals surface area contributed by atoms with Gasteiger partial charge in [-0.15, -0.1) is 0 Å². The molecule has 142 valence electrons. The van der Waals surface area contributed by atoms with Crippen LogP contribution in [0.25, 0.3) is 0 Å². The lowest BCUT2D eigenvalue weighted by molar-refractivity contribution is -0.136. The van der Waals surface area contributed by atoms with E-state index in [0.717, 1.165) is 51.9 Å². The Morgan fingerprint density at radius 3 is 2.42 bits per heavy atom. The summed E-state index contributed by atoms with van der Waals surface area (Å²) in [5.41, 5.74) is 0.523. The van der Waals surface area contributed by atoms with Crippen LogP contribution in [0.5, 0.6) is 0 Å². The molecule has 2 aliphatic heterocycles. The highest BCUT2D eigenvalue weighted by atomic mass is 35.5. The maximum Gasteiger partial charge on any atom is 0.241 e. The highest BCUT2D eigenvalue weighted by Crippen LogP contribution is 2.30. The minimum Gasteiger partial charge on any atom is -0.342 e. The zero-order valence-corrected chi connectivity index (χ0v) is 16.5. The summed E-state index contributed by atoms with van der Waals surface area (Å²) in [5.74, 6) is 0.283. The number of rotatable bonds is 4. The third kappa shape index (κ3) is 4.33. The normalized spacial score (nSPS) is 20.2. The Morgan fingerprint density at radius 1 is 1.12 bits per heavy atom. The molecule has 1 N–H and O–H groups in total. The Labute approximate surface area is 164 Å². The van der Waals surface area contributed by atoms with Gasteiger partial charge in [-0.05, 0) is 57.8 Å². The molecule has 1 atom stereocenters. The van der Waals surface area contributed by atoms with E-state index in [1.54, 1.807) is 18.2 Å². The molecule has 7 heteroatoms. The summed E-state index contributed by atoms with van der Waals surface area (Å²) in [4.78, 5) is 29.2. The molecule has 3 rings (SSSR count). The number of benzene rings is 1. The maximum absolute atomic E-state index is 12.6. The first-order valence-electron chi connectivity index (χ1n) is 9.25. The van der Waals surface area contributed by atoms with Crippen molar-refractivity contribution >= 4 is 40.7 Å². The van der Waals surface area contributed by atoms with Crippen LogP contribution in [0.15, 0.2) is 18.2 Å². The summed E-state index contributed by atoms with van der Waals surface area (Å²) >= 11 is 12.1. The van der Waals surface area contributed by atoms with Crippen molar-refractivity contribution in [3.05, 3.63) is 28.2 Å². The Morgan fingerprint density at radius 2 is 1.77 bits per heavy atom. The first-order chi connectivity index (χ1) is 12.5. The molecule has 0 aromatic heterocycles. The van der Waals surface area contributed by atoms with Gasteiger partial charge in [0.1, 0.15) is 0 Å². The summed E-state index contributed by atoms with van der Waals surface area (Å²) < 4.78 is 0. The van der Waals surface area contributed by atoms with Gasteiger partial charge >= 0.3 is 0 Å². The lowest BCUT2D eigenvalue weighted by Gasteiger charge is -2.36. The van der Waals surface area contributed by atoms with Crippen molar-refractivity contribution in [2.45, 2.75) is 38.6 Å². The van der Waals surface area contributed by atoms with Crippen molar-refractivity contribution in [2.24, 2.45) is 5.92 Å². The van der Waals surface area contributed by atoms with Gasteiger partial charge in [-0.1, -0.05) is 29.3 Å². The number of amides is 2. The number of carbonyl (C=O) groups is 2. The third-order valence-electron chi connectivity index (χ3n) is 5.43. The van der Waals surface area contributed by atoms with E-state index in [1.165, 1.54) is 0 Å². The van der Waals surface area contributed by atoms with E-state index in [-0.39, 0.29) is 17.9 Å².